The molecule has 110 valence electrons. The minimum absolute atomic E-state index is 0.441. The number of hydrogen-bond acceptors (Lipinski definition) is 5. The molecule has 2 aromatic rings. The fourth-order valence-corrected chi connectivity index (χ4v) is 2.80. The predicted octanol–water partition coefficient (Wildman–Crippen LogP) is 2.49. The van der Waals surface area contributed by atoms with Gasteiger partial charge >= 0.3 is 0 Å². The number of nitrogens with zero attached hydrogens (tertiary/aromatic N) is 3. The van der Waals surface area contributed by atoms with Gasteiger partial charge in [-0.15, -0.1) is 0 Å². The van der Waals surface area contributed by atoms with Gasteiger partial charge in [0.1, 0.15) is 5.75 Å². The highest BCUT2D eigenvalue weighted by molar-refractivity contribution is 5.41. The van der Waals surface area contributed by atoms with Crippen molar-refractivity contribution in [2.75, 3.05) is 32.2 Å². The van der Waals surface area contributed by atoms with Gasteiger partial charge in [-0.05, 0) is 18.1 Å². The van der Waals surface area contributed by atoms with E-state index in [0.717, 1.165) is 31.2 Å². The molecule has 5 nitrogen and oxygen atoms in total. The molecule has 2 heterocycles. The van der Waals surface area contributed by atoms with Crippen LogP contribution in [0.25, 0.3) is 0 Å². The molecule has 5 heteroatoms. The Labute approximate surface area is 124 Å². The average molecular weight is 285 g/mol. The lowest BCUT2D eigenvalue weighted by atomic mass is 9.97. The van der Waals surface area contributed by atoms with Crippen LogP contribution in [0.1, 0.15) is 17.9 Å². The minimum atomic E-state index is 0.441. The molecule has 3 rings (SSSR count). The van der Waals surface area contributed by atoms with Gasteiger partial charge in [-0.1, -0.05) is 18.2 Å². The number of para-hydroxylation sites is 1. The SMILES string of the molecule is COc1ccnc(N2CCC(c3ccccc3OC)C2)n1. The van der Waals surface area contributed by atoms with Crippen molar-refractivity contribution in [1.29, 1.82) is 0 Å². The van der Waals surface area contributed by atoms with E-state index in [0.29, 0.717) is 11.8 Å². The third-order valence-electron chi connectivity index (χ3n) is 3.88. The van der Waals surface area contributed by atoms with E-state index in [1.807, 2.05) is 12.1 Å². The highest BCUT2D eigenvalue weighted by Gasteiger charge is 2.27. The number of anilines is 1. The molecule has 1 aliphatic heterocycles. The maximum Gasteiger partial charge on any atom is 0.228 e. The molecule has 1 saturated heterocycles. The molecular weight excluding hydrogens is 266 g/mol. The zero-order valence-electron chi connectivity index (χ0n) is 12.3. The molecule has 1 fully saturated rings. The molecule has 1 atom stereocenters. The van der Waals surface area contributed by atoms with E-state index < -0.39 is 0 Å². The van der Waals surface area contributed by atoms with Crippen LogP contribution in [0, 0.1) is 0 Å². The van der Waals surface area contributed by atoms with Crippen molar-refractivity contribution >= 4 is 5.95 Å². The summed E-state index contributed by atoms with van der Waals surface area (Å²) >= 11 is 0. The maximum absolute atomic E-state index is 5.47. The summed E-state index contributed by atoms with van der Waals surface area (Å²) in [6, 6.07) is 9.97. The molecule has 21 heavy (non-hydrogen) atoms. The van der Waals surface area contributed by atoms with Gasteiger partial charge < -0.3 is 14.4 Å². The van der Waals surface area contributed by atoms with Crippen molar-refractivity contribution in [3.05, 3.63) is 42.1 Å². The second-order valence-electron chi connectivity index (χ2n) is 5.07. The third kappa shape index (κ3) is 2.77. The van der Waals surface area contributed by atoms with Gasteiger partial charge in [0.15, 0.2) is 0 Å². The van der Waals surface area contributed by atoms with Gasteiger partial charge in [0, 0.05) is 31.3 Å². The zero-order chi connectivity index (χ0) is 14.7. The van der Waals surface area contributed by atoms with Gasteiger partial charge in [-0.3, -0.25) is 0 Å². The topological polar surface area (TPSA) is 47.5 Å². The number of aromatic nitrogens is 2. The van der Waals surface area contributed by atoms with Crippen molar-refractivity contribution in [2.45, 2.75) is 12.3 Å². The van der Waals surface area contributed by atoms with E-state index in [1.165, 1.54) is 5.56 Å². The van der Waals surface area contributed by atoms with Crippen LogP contribution in [-0.2, 0) is 0 Å². The van der Waals surface area contributed by atoms with Crippen LogP contribution in [0.2, 0.25) is 0 Å². The molecule has 0 spiro atoms. The molecule has 0 saturated carbocycles. The highest BCUT2D eigenvalue weighted by atomic mass is 16.5. The van der Waals surface area contributed by atoms with E-state index >= 15 is 0 Å². The smallest absolute Gasteiger partial charge is 0.228 e. The molecule has 1 aliphatic rings. The summed E-state index contributed by atoms with van der Waals surface area (Å²) in [6.07, 6.45) is 2.80. The summed E-state index contributed by atoms with van der Waals surface area (Å²) in [5, 5.41) is 0. The first kappa shape index (κ1) is 13.7. The molecular formula is C16H19N3O2. The van der Waals surface area contributed by atoms with Crippen molar-refractivity contribution in [1.82, 2.24) is 9.97 Å². The van der Waals surface area contributed by atoms with E-state index in [4.69, 9.17) is 9.47 Å². The fourth-order valence-electron chi connectivity index (χ4n) is 2.80. The van der Waals surface area contributed by atoms with Gasteiger partial charge in [0.25, 0.3) is 0 Å². The Morgan fingerprint density at radius 1 is 1.14 bits per heavy atom. The van der Waals surface area contributed by atoms with E-state index in [-0.39, 0.29) is 0 Å². The van der Waals surface area contributed by atoms with Gasteiger partial charge in [-0.25, -0.2) is 4.98 Å². The van der Waals surface area contributed by atoms with Crippen LogP contribution in [0.3, 0.4) is 0 Å². The predicted molar refractivity (Wildman–Crippen MR) is 81.1 cm³/mol. The highest BCUT2D eigenvalue weighted by Crippen LogP contribution is 2.34. The van der Waals surface area contributed by atoms with Crippen LogP contribution >= 0.6 is 0 Å². The quantitative estimate of drug-likeness (QED) is 0.863. The Balaban J connectivity index is 1.78. The first-order valence-corrected chi connectivity index (χ1v) is 7.06. The minimum Gasteiger partial charge on any atom is -0.496 e. The largest absolute Gasteiger partial charge is 0.496 e. The molecule has 1 unspecified atom stereocenters. The standard InChI is InChI=1S/C16H19N3O2/c1-20-14-6-4-3-5-13(14)12-8-10-19(11-12)16-17-9-7-15(18-16)21-2/h3-7,9,12H,8,10-11H2,1-2H3. The number of ether oxygens (including phenoxy) is 2. The van der Waals surface area contributed by atoms with Gasteiger partial charge in [0.2, 0.25) is 11.8 Å². The van der Waals surface area contributed by atoms with Crippen LogP contribution in [0.5, 0.6) is 11.6 Å². The van der Waals surface area contributed by atoms with Gasteiger partial charge in [-0.2, -0.15) is 4.98 Å². The number of rotatable bonds is 4. The summed E-state index contributed by atoms with van der Waals surface area (Å²) in [4.78, 5) is 10.9. The van der Waals surface area contributed by atoms with Crippen molar-refractivity contribution in [2.24, 2.45) is 0 Å². The lowest BCUT2D eigenvalue weighted by Crippen LogP contribution is -2.21. The Morgan fingerprint density at radius 2 is 2.00 bits per heavy atom. The molecule has 0 amide bonds. The Kier molecular flexibility index (Phi) is 3.90. The van der Waals surface area contributed by atoms with Gasteiger partial charge in [0.05, 0.1) is 14.2 Å². The van der Waals surface area contributed by atoms with E-state index in [1.54, 1.807) is 26.5 Å². The van der Waals surface area contributed by atoms with Crippen LogP contribution in [0.4, 0.5) is 5.95 Å². The maximum atomic E-state index is 5.47. The third-order valence-corrected chi connectivity index (χ3v) is 3.88. The number of benzene rings is 1. The van der Waals surface area contributed by atoms with Crippen molar-refractivity contribution in [3.63, 3.8) is 0 Å². The average Bonchev–Trinajstić information content (AvgIpc) is 3.04. The molecule has 0 radical (unpaired) electrons. The zero-order valence-corrected chi connectivity index (χ0v) is 12.3. The van der Waals surface area contributed by atoms with Crippen LogP contribution in [-0.4, -0.2) is 37.3 Å². The lowest BCUT2D eigenvalue weighted by Gasteiger charge is -2.17. The van der Waals surface area contributed by atoms with Crippen LogP contribution < -0.4 is 14.4 Å². The van der Waals surface area contributed by atoms with Crippen molar-refractivity contribution in [3.8, 4) is 11.6 Å². The van der Waals surface area contributed by atoms with E-state index in [2.05, 4.69) is 27.0 Å². The molecule has 1 aromatic heterocycles. The van der Waals surface area contributed by atoms with Crippen LogP contribution in [0.15, 0.2) is 36.5 Å². The first-order chi connectivity index (χ1) is 10.3. The Morgan fingerprint density at radius 3 is 2.81 bits per heavy atom. The molecule has 0 aliphatic carbocycles. The summed E-state index contributed by atoms with van der Waals surface area (Å²) in [7, 11) is 3.34. The molecule has 1 aromatic carbocycles. The second-order valence-corrected chi connectivity index (χ2v) is 5.07. The molecule has 0 N–H and O–H groups in total. The fraction of sp³-hybridized carbons (Fsp3) is 0.375. The second kappa shape index (κ2) is 5.99. The summed E-state index contributed by atoms with van der Waals surface area (Å²) in [5.41, 5.74) is 1.25. The number of hydrogen-bond donors (Lipinski definition) is 0. The Bertz CT molecular complexity index is 618. The molecule has 0 bridgehead atoms. The lowest BCUT2D eigenvalue weighted by molar-refractivity contribution is 0.397. The summed E-state index contributed by atoms with van der Waals surface area (Å²) in [5.74, 6) is 2.72. The van der Waals surface area contributed by atoms with E-state index in [9.17, 15) is 0 Å². The number of methoxy groups -OCH3 is 2. The summed E-state index contributed by atoms with van der Waals surface area (Å²) in [6.45, 7) is 1.84. The Hall–Kier alpha value is -2.30. The van der Waals surface area contributed by atoms with Crippen molar-refractivity contribution < 1.29 is 9.47 Å². The normalized spacial score (nSPS) is 17.8. The first-order valence-electron chi connectivity index (χ1n) is 7.06. The monoisotopic (exact) mass is 285 g/mol. The summed E-state index contributed by atoms with van der Waals surface area (Å²) < 4.78 is 10.6.